The van der Waals surface area contributed by atoms with Crippen molar-refractivity contribution in [3.63, 3.8) is 0 Å². The number of carbonyl (C=O) groups is 1. The van der Waals surface area contributed by atoms with Gasteiger partial charge in [0, 0.05) is 24.5 Å². The van der Waals surface area contributed by atoms with Crippen LogP contribution in [0.3, 0.4) is 0 Å². The zero-order chi connectivity index (χ0) is 13.9. The first-order valence-corrected chi connectivity index (χ1v) is 6.72. The van der Waals surface area contributed by atoms with E-state index in [1.807, 2.05) is 24.8 Å². The van der Waals surface area contributed by atoms with Gasteiger partial charge in [-0.1, -0.05) is 18.2 Å². The van der Waals surface area contributed by atoms with Crippen molar-refractivity contribution in [2.45, 2.75) is 25.3 Å². The van der Waals surface area contributed by atoms with Crippen molar-refractivity contribution < 1.29 is 9.90 Å². The Labute approximate surface area is 117 Å². The number of aromatic nitrogens is 2. The molecule has 3 rings (SSSR count). The molecule has 1 N–H and O–H groups in total. The predicted molar refractivity (Wildman–Crippen MR) is 76.4 cm³/mol. The minimum Gasteiger partial charge on any atom is -0.478 e. The van der Waals surface area contributed by atoms with Gasteiger partial charge >= 0.3 is 5.97 Å². The average Bonchev–Trinajstić information content (AvgIpc) is 2.98. The third-order valence-electron chi connectivity index (χ3n) is 3.80. The maximum absolute atomic E-state index is 10.6. The third-order valence-corrected chi connectivity index (χ3v) is 3.80. The number of aliphatic carboxylic acids is 1. The molecule has 1 aromatic carbocycles. The van der Waals surface area contributed by atoms with E-state index in [4.69, 9.17) is 5.11 Å². The summed E-state index contributed by atoms with van der Waals surface area (Å²) in [5, 5.41) is 8.68. The summed E-state index contributed by atoms with van der Waals surface area (Å²) in [7, 11) is 0. The molecular weight excluding hydrogens is 252 g/mol. The summed E-state index contributed by atoms with van der Waals surface area (Å²) >= 11 is 0. The molecule has 1 aliphatic rings. The Kier molecular flexibility index (Phi) is 3.37. The molecule has 0 amide bonds. The minimum absolute atomic E-state index is 0.448. The van der Waals surface area contributed by atoms with Crippen molar-refractivity contribution in [2.24, 2.45) is 0 Å². The Bertz CT molecular complexity index is 645. The summed E-state index contributed by atoms with van der Waals surface area (Å²) in [5.74, 6) is -0.918. The Morgan fingerprint density at radius 3 is 3.05 bits per heavy atom. The van der Waals surface area contributed by atoms with Crippen LogP contribution in [0, 0.1) is 0 Å². The van der Waals surface area contributed by atoms with Gasteiger partial charge in [-0.2, -0.15) is 0 Å². The van der Waals surface area contributed by atoms with E-state index in [2.05, 4.69) is 21.7 Å². The number of rotatable bonds is 3. The van der Waals surface area contributed by atoms with E-state index in [1.165, 1.54) is 17.2 Å². The first-order valence-electron chi connectivity index (χ1n) is 6.72. The lowest BCUT2D eigenvalue weighted by Crippen LogP contribution is -2.17. The topological polar surface area (TPSA) is 55.1 Å². The van der Waals surface area contributed by atoms with Crippen molar-refractivity contribution in [3.05, 3.63) is 59.7 Å². The molecule has 2 aromatic rings. The average molecular weight is 268 g/mol. The van der Waals surface area contributed by atoms with Gasteiger partial charge in [0.25, 0.3) is 0 Å². The van der Waals surface area contributed by atoms with Crippen LogP contribution in [0.25, 0.3) is 6.08 Å². The molecule has 1 aromatic heterocycles. The zero-order valence-corrected chi connectivity index (χ0v) is 11.1. The smallest absolute Gasteiger partial charge is 0.328 e. The maximum Gasteiger partial charge on any atom is 0.328 e. The van der Waals surface area contributed by atoms with E-state index < -0.39 is 5.97 Å². The number of aryl methyl sites for hydroxylation is 1. The molecule has 0 spiro atoms. The molecule has 0 saturated carbocycles. The third kappa shape index (κ3) is 2.64. The number of hydrogen-bond acceptors (Lipinski definition) is 2. The van der Waals surface area contributed by atoms with E-state index in [-0.39, 0.29) is 0 Å². The number of carboxylic acids is 1. The Balaban J connectivity index is 1.84. The molecule has 20 heavy (non-hydrogen) atoms. The zero-order valence-electron chi connectivity index (χ0n) is 11.1. The molecule has 4 nitrogen and oxygen atoms in total. The van der Waals surface area contributed by atoms with Gasteiger partial charge in [-0.25, -0.2) is 9.78 Å². The van der Waals surface area contributed by atoms with Gasteiger partial charge in [-0.15, -0.1) is 0 Å². The van der Waals surface area contributed by atoms with Crippen LogP contribution < -0.4 is 0 Å². The van der Waals surface area contributed by atoms with E-state index >= 15 is 0 Å². The number of nitrogens with zero attached hydrogens (tertiary/aromatic N) is 2. The minimum atomic E-state index is -0.918. The first kappa shape index (κ1) is 12.7. The normalized spacial score (nSPS) is 18.1. The molecule has 0 radical (unpaired) electrons. The van der Waals surface area contributed by atoms with Gasteiger partial charge in [0.2, 0.25) is 0 Å². The van der Waals surface area contributed by atoms with Crippen LogP contribution >= 0.6 is 0 Å². The van der Waals surface area contributed by atoms with Crippen molar-refractivity contribution >= 4 is 12.0 Å². The van der Waals surface area contributed by atoms with Crippen molar-refractivity contribution in [2.75, 3.05) is 0 Å². The molecular formula is C16H16N2O2. The lowest BCUT2D eigenvalue weighted by molar-refractivity contribution is -0.131. The van der Waals surface area contributed by atoms with Crippen molar-refractivity contribution in [1.82, 2.24) is 9.55 Å². The van der Waals surface area contributed by atoms with Gasteiger partial charge in [-0.3, -0.25) is 0 Å². The lowest BCUT2D eigenvalue weighted by Gasteiger charge is -2.26. The van der Waals surface area contributed by atoms with Crippen LogP contribution in [0.1, 0.15) is 29.2 Å². The van der Waals surface area contributed by atoms with Crippen LogP contribution in [-0.4, -0.2) is 20.6 Å². The highest BCUT2D eigenvalue weighted by Crippen LogP contribution is 2.29. The van der Waals surface area contributed by atoms with Crippen LogP contribution in [0.5, 0.6) is 0 Å². The molecule has 1 atom stereocenters. The SMILES string of the molecule is O=C(O)C=Cc1ccc2c(c1)CC(n1ccnc1)CC2. The number of fused-ring (bicyclic) bond motifs is 1. The van der Waals surface area contributed by atoms with Crippen LogP contribution in [0.2, 0.25) is 0 Å². The fraction of sp³-hybridized carbons (Fsp3) is 0.250. The molecule has 0 bridgehead atoms. The van der Waals surface area contributed by atoms with Crippen LogP contribution in [0.4, 0.5) is 0 Å². The summed E-state index contributed by atoms with van der Waals surface area (Å²) in [6.45, 7) is 0. The fourth-order valence-corrected chi connectivity index (χ4v) is 2.77. The first-order chi connectivity index (χ1) is 9.72. The highest BCUT2D eigenvalue weighted by molar-refractivity contribution is 5.85. The summed E-state index contributed by atoms with van der Waals surface area (Å²) in [5.41, 5.74) is 3.62. The summed E-state index contributed by atoms with van der Waals surface area (Å²) in [6.07, 6.45) is 11.6. The van der Waals surface area contributed by atoms with Gasteiger partial charge < -0.3 is 9.67 Å². The standard InChI is InChI=1S/C16H16N2O2/c19-16(20)6-2-12-1-3-13-4-5-15(10-14(13)9-12)18-8-7-17-11-18/h1-3,6-9,11,15H,4-5,10H2,(H,19,20). The quantitative estimate of drug-likeness (QED) is 0.871. The molecule has 0 fully saturated rings. The molecule has 4 heteroatoms. The number of hydrogen-bond donors (Lipinski definition) is 1. The molecule has 1 aliphatic carbocycles. The van der Waals surface area contributed by atoms with Crippen LogP contribution in [-0.2, 0) is 17.6 Å². The molecule has 1 unspecified atom stereocenters. The van der Waals surface area contributed by atoms with Crippen LogP contribution in [0.15, 0.2) is 43.0 Å². The van der Waals surface area contributed by atoms with Gasteiger partial charge in [0.15, 0.2) is 0 Å². The van der Waals surface area contributed by atoms with E-state index in [0.717, 1.165) is 24.8 Å². The largest absolute Gasteiger partial charge is 0.478 e. The molecule has 102 valence electrons. The summed E-state index contributed by atoms with van der Waals surface area (Å²) < 4.78 is 2.16. The Morgan fingerprint density at radius 1 is 1.40 bits per heavy atom. The summed E-state index contributed by atoms with van der Waals surface area (Å²) in [6, 6.07) is 6.64. The van der Waals surface area contributed by atoms with E-state index in [1.54, 1.807) is 6.08 Å². The van der Waals surface area contributed by atoms with E-state index in [9.17, 15) is 4.79 Å². The Hall–Kier alpha value is -2.36. The Morgan fingerprint density at radius 2 is 2.30 bits per heavy atom. The molecule has 0 saturated heterocycles. The monoisotopic (exact) mass is 268 g/mol. The van der Waals surface area contributed by atoms with Crippen molar-refractivity contribution in [3.8, 4) is 0 Å². The number of imidazole rings is 1. The van der Waals surface area contributed by atoms with Gasteiger partial charge in [-0.05, 0) is 42.0 Å². The molecule has 0 aliphatic heterocycles. The lowest BCUT2D eigenvalue weighted by atomic mass is 9.87. The number of benzene rings is 1. The highest BCUT2D eigenvalue weighted by Gasteiger charge is 2.19. The fourth-order valence-electron chi connectivity index (χ4n) is 2.77. The van der Waals surface area contributed by atoms with Gasteiger partial charge in [0.1, 0.15) is 0 Å². The molecule has 1 heterocycles. The second-order valence-electron chi connectivity index (χ2n) is 5.11. The van der Waals surface area contributed by atoms with Crippen molar-refractivity contribution in [1.29, 1.82) is 0 Å². The van der Waals surface area contributed by atoms with Gasteiger partial charge in [0.05, 0.1) is 6.33 Å². The summed E-state index contributed by atoms with van der Waals surface area (Å²) in [4.78, 5) is 14.7. The number of carboxylic acid groups (broad SMARTS) is 1. The predicted octanol–water partition coefficient (Wildman–Crippen LogP) is 2.71. The van der Waals surface area contributed by atoms with E-state index in [0.29, 0.717) is 6.04 Å². The second kappa shape index (κ2) is 5.33. The second-order valence-corrected chi connectivity index (χ2v) is 5.11. The highest BCUT2D eigenvalue weighted by atomic mass is 16.4. The maximum atomic E-state index is 10.6.